The van der Waals surface area contributed by atoms with Crippen molar-refractivity contribution in [1.29, 1.82) is 0 Å². The number of Topliss-reactive ketones (excluding diaryl/α,β-unsaturated/α-hetero) is 2. The van der Waals surface area contributed by atoms with Crippen LogP contribution in [0.5, 0.6) is 34.5 Å². The SMILES string of the molecule is C=C1CC(CO)N(C(=O)c2cc(C)c(OCc3cc(COc4cc(NC(=O)OCc5ccc(O[C@@H]6OC(C)[C@@H](C)[C@H](OC(C)=O)[C@H]6OC(C)=O)c(C(=O)CCCOC)c5)c(C(=O)N5CC(=C)C[C@H]5CO)cc4OC)cc(OCCCCCP(=O)(OC(C)(C)C)OC(C)(C)C)c3)cc2NC(=O)OCc2ccc(OC3OC(C(=O)OC)[C@@H](OC(C)=O)[C@H](OC(C)=O)[C@H]3C)c(C(=O)CCCOCCOCCOCC(=O)OC(C)(C)C)c2)C1. The predicted molar refractivity (Wildman–Crippen MR) is 539 cm³/mol. The Morgan fingerprint density at radius 3 is 1.44 bits per heavy atom. The Hall–Kier alpha value is -12.1. The van der Waals surface area contributed by atoms with Gasteiger partial charge >= 0.3 is 55.6 Å². The lowest BCUT2D eigenvalue weighted by Crippen LogP contribution is -2.60. The summed E-state index contributed by atoms with van der Waals surface area (Å²) in [4.78, 5) is 166. The molecule has 9 rings (SSSR count). The van der Waals surface area contributed by atoms with Crippen molar-refractivity contribution in [1.82, 2.24) is 9.80 Å². The molecular formula is C107H145N4O37P. The molecular weight excluding hydrogens is 1960 g/mol. The number of nitrogens with zero attached hydrogens (tertiary/aromatic N) is 2. The van der Waals surface area contributed by atoms with Crippen LogP contribution in [0.4, 0.5) is 21.0 Å². The minimum absolute atomic E-state index is 0.000385. The molecule has 5 aromatic rings. The molecule has 41 nitrogen and oxygen atoms in total. The summed E-state index contributed by atoms with van der Waals surface area (Å²) in [7, 11) is 0.319. The molecule has 4 amide bonds. The van der Waals surface area contributed by atoms with Crippen molar-refractivity contribution < 1.29 is 176 Å². The van der Waals surface area contributed by atoms with Crippen LogP contribution in [0.1, 0.15) is 238 Å². The molecule has 820 valence electrons. The maximum absolute atomic E-state index is 15.0. The fourth-order valence-electron chi connectivity index (χ4n) is 16.9. The number of unbranched alkanes of at least 4 members (excludes halogenated alkanes) is 2. The van der Waals surface area contributed by atoms with E-state index in [1.807, 2.05) is 0 Å². The molecule has 4 fully saturated rings. The van der Waals surface area contributed by atoms with Gasteiger partial charge in [-0.25, -0.2) is 19.2 Å². The van der Waals surface area contributed by atoms with Crippen molar-refractivity contribution in [2.75, 3.05) is 117 Å². The second kappa shape index (κ2) is 56.1. The van der Waals surface area contributed by atoms with E-state index in [0.717, 1.165) is 21.0 Å². The standard InChI is InChI=1S/C107H145N4O37P/c1-62-42-76(55-112)110(53-62)98(121)79-44-64(3)89(51-83(79)108-103(124)136-57-72-30-32-87(143-101-66(5)94(140-69(8)115)95(141-70(9)116)96(145-101)100(123)129-22)81(48-72)86(119)29-27-35-130-37-38-131-39-40-132-61-92(120)146-105(11,12)13)134-59-74-45-75(47-78(46-74)133-36-24-23-25-41-149(126,147-106(14,15)16)148-107(17,18)19)60-135-91-52-84(80(50-90(91)128-21)99(122)111-54-63(2)43-77(111)56-113)109-104(125)137-58-73-31-33-88(82(49-73)85(118)28-26-34-127-20)144-102-97(142-71(10)117)93(139-68(7)114)65(4)67(6)138-102/h30-33,44-52,65-67,76-77,93-97,101-102,112-113H,1-2,23-29,34-43,53-61H2,3-22H3,(H,108,124)(H,109,125)/t65-,66-,67?,76?,77+,93+,94-,95+,96?,97-,101?,102+/m1/s1. The van der Waals surface area contributed by atoms with Crippen molar-refractivity contribution in [2.45, 2.75) is 280 Å². The number of anilines is 2. The van der Waals surface area contributed by atoms with Crippen molar-refractivity contribution >= 4 is 90.4 Å². The molecule has 42 heteroatoms. The summed E-state index contributed by atoms with van der Waals surface area (Å²) in [6.07, 6.45) is -9.88. The summed E-state index contributed by atoms with van der Waals surface area (Å²) in [6, 6.07) is 18.3. The number of amides is 4. The number of hydrogen-bond donors (Lipinski definition) is 4. The largest absolute Gasteiger partial charge is 0.494 e. The molecule has 0 aliphatic carbocycles. The van der Waals surface area contributed by atoms with E-state index in [0.29, 0.717) is 71.3 Å². The van der Waals surface area contributed by atoms with Crippen LogP contribution in [-0.4, -0.2) is 276 Å². The number of methoxy groups -OCH3 is 3. The number of aliphatic hydroxyl groups excluding tert-OH is 2. The molecule has 4 aliphatic heterocycles. The summed E-state index contributed by atoms with van der Waals surface area (Å²) in [5.74, 6) is -7.64. The zero-order chi connectivity index (χ0) is 110. The van der Waals surface area contributed by atoms with Crippen LogP contribution in [0.3, 0.4) is 0 Å². The second-order valence-corrected chi connectivity index (χ2v) is 41.8. The van der Waals surface area contributed by atoms with Crippen molar-refractivity contribution in [2.24, 2.45) is 11.8 Å². The van der Waals surface area contributed by atoms with Gasteiger partial charge in [0.05, 0.1) is 136 Å². The highest BCUT2D eigenvalue weighted by Gasteiger charge is 2.54. The topological polar surface area (TPSA) is 496 Å². The van der Waals surface area contributed by atoms with Crippen molar-refractivity contribution in [3.05, 3.63) is 153 Å². The third kappa shape index (κ3) is 37.2. The number of benzene rings is 5. The van der Waals surface area contributed by atoms with Crippen LogP contribution in [0.2, 0.25) is 0 Å². The van der Waals surface area contributed by atoms with Gasteiger partial charge < -0.3 is 124 Å². The summed E-state index contributed by atoms with van der Waals surface area (Å²) in [5.41, 5.74) is 0.629. The molecule has 0 saturated carbocycles. The predicted octanol–water partition coefficient (Wildman–Crippen LogP) is 14.9. The number of ketones is 2. The zero-order valence-electron chi connectivity index (χ0n) is 88.8. The van der Waals surface area contributed by atoms with Crippen LogP contribution in [0, 0.1) is 18.8 Å². The average Bonchev–Trinajstić information content (AvgIpc) is 1.75. The van der Waals surface area contributed by atoms with Crippen LogP contribution in [0.15, 0.2) is 103 Å². The van der Waals surface area contributed by atoms with Gasteiger partial charge in [0.25, 0.3) is 11.8 Å². The number of ether oxygens (including phenoxy) is 20. The molecule has 149 heavy (non-hydrogen) atoms. The number of aryl methyl sites for hydroxylation is 1. The first-order chi connectivity index (χ1) is 70.4. The normalized spacial score (nSPS) is 19.9. The van der Waals surface area contributed by atoms with Gasteiger partial charge in [-0.05, 0) is 204 Å². The summed E-state index contributed by atoms with van der Waals surface area (Å²) in [6.45, 7) is 34.2. The molecule has 5 aromatic carbocycles. The van der Waals surface area contributed by atoms with Gasteiger partial charge in [-0.3, -0.25) is 53.6 Å². The lowest BCUT2D eigenvalue weighted by molar-refractivity contribution is -0.263. The number of esters is 6. The summed E-state index contributed by atoms with van der Waals surface area (Å²) >= 11 is 0. The van der Waals surface area contributed by atoms with Crippen LogP contribution in [-0.2, 0) is 135 Å². The van der Waals surface area contributed by atoms with Gasteiger partial charge in [0.15, 0.2) is 41.4 Å². The minimum atomic E-state index is -3.59. The number of carbonyl (C=O) groups excluding carboxylic acids is 12. The average molecular weight is 2110 g/mol. The Labute approximate surface area is 868 Å². The van der Waals surface area contributed by atoms with E-state index in [4.69, 9.17) is 104 Å². The first kappa shape index (κ1) is 120. The molecule has 4 unspecified atom stereocenters. The summed E-state index contributed by atoms with van der Waals surface area (Å²) in [5, 5.41) is 26.6. The highest BCUT2D eigenvalue weighted by molar-refractivity contribution is 7.53. The molecule has 0 bridgehead atoms. The maximum atomic E-state index is 15.0. The molecule has 0 spiro atoms. The van der Waals surface area contributed by atoms with E-state index in [9.17, 15) is 72.3 Å². The second-order valence-electron chi connectivity index (χ2n) is 39.8. The first-order valence-electron chi connectivity index (χ1n) is 49.5. The van der Waals surface area contributed by atoms with E-state index >= 15 is 0 Å². The molecule has 0 aromatic heterocycles. The highest BCUT2D eigenvalue weighted by Crippen LogP contribution is 2.55. The Bertz CT molecular complexity index is 5550. The Morgan fingerprint density at radius 1 is 0.470 bits per heavy atom. The van der Waals surface area contributed by atoms with Crippen LogP contribution < -0.4 is 39.1 Å². The molecule has 0 radical (unpaired) electrons. The van der Waals surface area contributed by atoms with E-state index in [1.165, 1.54) is 98.5 Å². The lowest BCUT2D eigenvalue weighted by Gasteiger charge is -2.43. The van der Waals surface area contributed by atoms with Gasteiger partial charge in [-0.2, -0.15) is 0 Å². The lowest BCUT2D eigenvalue weighted by atomic mass is 9.91. The minimum Gasteiger partial charge on any atom is -0.494 e. The van der Waals surface area contributed by atoms with Gasteiger partial charge in [0.2, 0.25) is 18.7 Å². The molecule has 4 N–H and O–H groups in total. The molecule has 4 aliphatic rings. The number of hydrogen-bond acceptors (Lipinski definition) is 37. The third-order valence-corrected chi connectivity index (χ3v) is 26.2. The van der Waals surface area contributed by atoms with E-state index < -0.39 is 195 Å². The number of aliphatic hydroxyl groups is 2. The van der Waals surface area contributed by atoms with Crippen molar-refractivity contribution in [3.8, 4) is 34.5 Å². The van der Waals surface area contributed by atoms with Gasteiger partial charge in [-0.15, -0.1) is 0 Å². The monoisotopic (exact) mass is 2110 g/mol. The Kier molecular flexibility index (Phi) is 45.3. The van der Waals surface area contributed by atoms with Gasteiger partial charge in [-0.1, -0.05) is 50.3 Å². The Morgan fingerprint density at radius 2 is 0.946 bits per heavy atom. The smallest absolute Gasteiger partial charge is 0.411 e. The maximum Gasteiger partial charge on any atom is 0.411 e. The fraction of sp³-hybridized carbons (Fsp3) is 0.570. The molecule has 4 saturated heterocycles. The number of nitrogens with one attached hydrogen (secondary N) is 2. The van der Waals surface area contributed by atoms with Gasteiger partial charge in [0, 0.05) is 92.0 Å². The highest BCUT2D eigenvalue weighted by atomic mass is 31.2. The van der Waals surface area contributed by atoms with Gasteiger partial charge in [0.1, 0.15) is 67.7 Å². The van der Waals surface area contributed by atoms with E-state index in [2.05, 4.69) is 23.8 Å². The number of carbonyl (C=O) groups is 12. The van der Waals surface area contributed by atoms with Crippen LogP contribution in [0.25, 0.3) is 0 Å². The van der Waals surface area contributed by atoms with Crippen LogP contribution >= 0.6 is 7.60 Å². The summed E-state index contributed by atoms with van der Waals surface area (Å²) < 4.78 is 144. The van der Waals surface area contributed by atoms with E-state index in [1.54, 1.807) is 108 Å². The number of rotatable bonds is 53. The molecule has 4 heterocycles. The third-order valence-electron chi connectivity index (χ3n) is 23.6. The van der Waals surface area contributed by atoms with Crippen molar-refractivity contribution in [3.63, 3.8) is 0 Å². The Balaban J connectivity index is 1.01. The first-order valence-corrected chi connectivity index (χ1v) is 51.2. The fourth-order valence-corrected chi connectivity index (χ4v) is 19.4. The zero-order valence-corrected chi connectivity index (χ0v) is 89.7. The molecule has 12 atom stereocenters. The number of likely N-dealkylation sites (tertiary alicyclic amines) is 2. The van der Waals surface area contributed by atoms with E-state index in [-0.39, 0.29) is 179 Å². The quantitative estimate of drug-likeness (QED) is 0.00701.